The average molecular weight is 277 g/mol. The SMILES string of the molecule is Fc1cc(F)cc(-c2cc(CNC3CC3)ccc2F)c1. The van der Waals surface area contributed by atoms with Crippen molar-refractivity contribution in [3.05, 3.63) is 59.4 Å². The number of hydrogen-bond acceptors (Lipinski definition) is 1. The Kier molecular flexibility index (Phi) is 3.49. The Morgan fingerprint density at radius 2 is 1.65 bits per heavy atom. The molecule has 1 fully saturated rings. The zero-order valence-electron chi connectivity index (χ0n) is 10.8. The van der Waals surface area contributed by atoms with Crippen molar-refractivity contribution in [2.24, 2.45) is 0 Å². The van der Waals surface area contributed by atoms with Crippen LogP contribution in [-0.4, -0.2) is 6.04 Å². The van der Waals surface area contributed by atoms with E-state index in [0.29, 0.717) is 12.6 Å². The fourth-order valence-electron chi connectivity index (χ4n) is 2.16. The van der Waals surface area contributed by atoms with Crippen LogP contribution in [0.15, 0.2) is 36.4 Å². The van der Waals surface area contributed by atoms with Gasteiger partial charge < -0.3 is 5.32 Å². The second-order valence-electron chi connectivity index (χ2n) is 5.13. The molecule has 0 bridgehead atoms. The van der Waals surface area contributed by atoms with E-state index in [1.165, 1.54) is 18.9 Å². The van der Waals surface area contributed by atoms with Gasteiger partial charge in [0.05, 0.1) is 0 Å². The number of hydrogen-bond donors (Lipinski definition) is 1. The van der Waals surface area contributed by atoms with Crippen LogP contribution in [0.25, 0.3) is 11.1 Å². The maximum absolute atomic E-state index is 13.9. The molecule has 0 atom stereocenters. The van der Waals surface area contributed by atoms with Crippen LogP contribution in [0.1, 0.15) is 18.4 Å². The lowest BCUT2D eigenvalue weighted by molar-refractivity contribution is 0.583. The highest BCUT2D eigenvalue weighted by atomic mass is 19.1. The quantitative estimate of drug-likeness (QED) is 0.890. The molecule has 0 radical (unpaired) electrons. The van der Waals surface area contributed by atoms with Gasteiger partial charge in [0.25, 0.3) is 0 Å². The Morgan fingerprint density at radius 3 is 2.30 bits per heavy atom. The van der Waals surface area contributed by atoms with E-state index in [0.717, 1.165) is 23.8 Å². The third-order valence-electron chi connectivity index (χ3n) is 3.38. The predicted octanol–water partition coefficient (Wildman–Crippen LogP) is 4.02. The van der Waals surface area contributed by atoms with Gasteiger partial charge in [0.1, 0.15) is 17.5 Å². The van der Waals surface area contributed by atoms with E-state index >= 15 is 0 Å². The van der Waals surface area contributed by atoms with Crippen molar-refractivity contribution >= 4 is 0 Å². The maximum Gasteiger partial charge on any atom is 0.131 e. The summed E-state index contributed by atoms with van der Waals surface area (Å²) in [5, 5.41) is 3.32. The molecule has 4 heteroatoms. The molecule has 0 amide bonds. The summed E-state index contributed by atoms with van der Waals surface area (Å²) in [5.41, 5.74) is 1.34. The van der Waals surface area contributed by atoms with Crippen LogP contribution < -0.4 is 5.32 Å². The summed E-state index contributed by atoms with van der Waals surface area (Å²) in [4.78, 5) is 0. The highest BCUT2D eigenvalue weighted by molar-refractivity contribution is 5.65. The lowest BCUT2D eigenvalue weighted by atomic mass is 10.0. The summed E-state index contributed by atoms with van der Waals surface area (Å²) in [6.45, 7) is 0.635. The van der Waals surface area contributed by atoms with Crippen LogP contribution in [0.4, 0.5) is 13.2 Å². The Morgan fingerprint density at radius 1 is 0.950 bits per heavy atom. The molecule has 1 saturated carbocycles. The van der Waals surface area contributed by atoms with Crippen molar-refractivity contribution in [1.29, 1.82) is 0 Å². The van der Waals surface area contributed by atoms with E-state index < -0.39 is 17.5 Å². The second kappa shape index (κ2) is 5.29. The molecule has 20 heavy (non-hydrogen) atoms. The summed E-state index contributed by atoms with van der Waals surface area (Å²) >= 11 is 0. The number of nitrogens with one attached hydrogen (secondary N) is 1. The predicted molar refractivity (Wildman–Crippen MR) is 71.6 cm³/mol. The molecule has 0 saturated heterocycles. The van der Waals surface area contributed by atoms with Crippen LogP contribution in [0.3, 0.4) is 0 Å². The standard InChI is InChI=1S/C16H14F3N/c17-12-6-11(7-13(18)8-12)15-5-10(1-4-16(15)19)9-20-14-2-3-14/h1,4-8,14,20H,2-3,9H2. The molecule has 1 nitrogen and oxygen atoms in total. The van der Waals surface area contributed by atoms with Gasteiger partial charge in [0, 0.05) is 24.2 Å². The average Bonchev–Trinajstić information content (AvgIpc) is 3.20. The first kappa shape index (κ1) is 13.2. The maximum atomic E-state index is 13.9. The smallest absolute Gasteiger partial charge is 0.131 e. The normalized spacial score (nSPS) is 14.6. The first-order valence-corrected chi connectivity index (χ1v) is 6.60. The van der Waals surface area contributed by atoms with Crippen molar-refractivity contribution in [1.82, 2.24) is 5.32 Å². The third-order valence-corrected chi connectivity index (χ3v) is 3.38. The topological polar surface area (TPSA) is 12.0 Å². The molecule has 0 aromatic heterocycles. The first-order chi connectivity index (χ1) is 9.61. The van der Waals surface area contributed by atoms with Crippen LogP contribution in [-0.2, 0) is 6.54 Å². The van der Waals surface area contributed by atoms with E-state index in [4.69, 9.17) is 0 Å². The fraction of sp³-hybridized carbons (Fsp3) is 0.250. The van der Waals surface area contributed by atoms with Crippen molar-refractivity contribution in [2.75, 3.05) is 0 Å². The number of benzene rings is 2. The Hall–Kier alpha value is -1.81. The molecule has 0 heterocycles. The molecule has 1 N–H and O–H groups in total. The molecule has 2 aromatic rings. The van der Waals surface area contributed by atoms with Crippen LogP contribution in [0.5, 0.6) is 0 Å². The van der Waals surface area contributed by atoms with E-state index in [2.05, 4.69) is 5.32 Å². The summed E-state index contributed by atoms with van der Waals surface area (Å²) < 4.78 is 40.3. The highest BCUT2D eigenvalue weighted by Gasteiger charge is 2.20. The Bertz CT molecular complexity index is 615. The third kappa shape index (κ3) is 3.02. The minimum Gasteiger partial charge on any atom is -0.310 e. The van der Waals surface area contributed by atoms with Crippen molar-refractivity contribution < 1.29 is 13.2 Å². The second-order valence-corrected chi connectivity index (χ2v) is 5.13. The molecule has 0 unspecified atom stereocenters. The van der Waals surface area contributed by atoms with Gasteiger partial charge in [-0.15, -0.1) is 0 Å². The zero-order chi connectivity index (χ0) is 14.1. The van der Waals surface area contributed by atoms with Crippen molar-refractivity contribution in [3.8, 4) is 11.1 Å². The molecule has 3 rings (SSSR count). The first-order valence-electron chi connectivity index (χ1n) is 6.60. The van der Waals surface area contributed by atoms with E-state index in [1.54, 1.807) is 12.1 Å². The van der Waals surface area contributed by atoms with E-state index in [9.17, 15) is 13.2 Å². The van der Waals surface area contributed by atoms with Gasteiger partial charge in [-0.1, -0.05) is 6.07 Å². The van der Waals surface area contributed by atoms with Gasteiger partial charge in [-0.2, -0.15) is 0 Å². The fourth-order valence-corrected chi connectivity index (χ4v) is 2.16. The summed E-state index contributed by atoms with van der Waals surface area (Å²) in [7, 11) is 0. The van der Waals surface area contributed by atoms with Gasteiger partial charge in [-0.05, 0) is 48.2 Å². The largest absolute Gasteiger partial charge is 0.310 e. The summed E-state index contributed by atoms with van der Waals surface area (Å²) in [5.74, 6) is -1.90. The minimum atomic E-state index is -0.707. The lowest BCUT2D eigenvalue weighted by Gasteiger charge is -2.08. The van der Waals surface area contributed by atoms with Gasteiger partial charge >= 0.3 is 0 Å². The lowest BCUT2D eigenvalue weighted by Crippen LogP contribution is -2.15. The molecule has 0 spiro atoms. The van der Waals surface area contributed by atoms with Crippen LogP contribution in [0, 0.1) is 17.5 Å². The van der Waals surface area contributed by atoms with Crippen LogP contribution >= 0.6 is 0 Å². The summed E-state index contributed by atoms with van der Waals surface area (Å²) in [6.07, 6.45) is 2.34. The van der Waals surface area contributed by atoms with E-state index in [1.807, 2.05) is 0 Å². The molecule has 104 valence electrons. The zero-order valence-corrected chi connectivity index (χ0v) is 10.8. The molecule has 1 aliphatic carbocycles. The van der Waals surface area contributed by atoms with Gasteiger partial charge in [-0.25, -0.2) is 13.2 Å². The number of rotatable bonds is 4. The Labute approximate surface area is 115 Å². The minimum absolute atomic E-state index is 0.216. The van der Waals surface area contributed by atoms with Crippen molar-refractivity contribution in [2.45, 2.75) is 25.4 Å². The number of halogens is 3. The van der Waals surface area contributed by atoms with Gasteiger partial charge in [0.2, 0.25) is 0 Å². The van der Waals surface area contributed by atoms with Crippen LogP contribution in [0.2, 0.25) is 0 Å². The molecular formula is C16H14F3N. The molecule has 2 aromatic carbocycles. The van der Waals surface area contributed by atoms with Crippen molar-refractivity contribution in [3.63, 3.8) is 0 Å². The Balaban J connectivity index is 1.91. The molecule has 0 aliphatic heterocycles. The molecular weight excluding hydrogens is 263 g/mol. The van der Waals surface area contributed by atoms with Gasteiger partial charge in [-0.3, -0.25) is 0 Å². The van der Waals surface area contributed by atoms with Gasteiger partial charge in [0.15, 0.2) is 0 Å². The molecule has 1 aliphatic rings. The monoisotopic (exact) mass is 277 g/mol. The summed E-state index contributed by atoms with van der Waals surface area (Å²) in [6, 6.07) is 8.26. The van der Waals surface area contributed by atoms with E-state index in [-0.39, 0.29) is 11.1 Å². The highest BCUT2D eigenvalue weighted by Crippen LogP contribution is 2.26.